The number of carbonyl (C=O) groups excluding carboxylic acids is 1. The maximum atomic E-state index is 12.8. The molecule has 4 rings (SSSR count). The lowest BCUT2D eigenvalue weighted by atomic mass is 9.94. The second kappa shape index (κ2) is 8.47. The Bertz CT molecular complexity index is 979. The number of para-hydroxylation sites is 1. The van der Waals surface area contributed by atoms with Crippen molar-refractivity contribution < 1.29 is 4.79 Å². The first-order valence-electron chi connectivity index (χ1n) is 10.3. The van der Waals surface area contributed by atoms with E-state index in [4.69, 9.17) is 4.98 Å². The van der Waals surface area contributed by atoms with Crippen molar-refractivity contribution in [2.24, 2.45) is 0 Å². The van der Waals surface area contributed by atoms with Crippen LogP contribution in [0, 0.1) is 0 Å². The number of hydrogen-bond donors (Lipinski definition) is 0. The van der Waals surface area contributed by atoms with Crippen LogP contribution < -0.4 is 0 Å². The Kier molecular flexibility index (Phi) is 5.80. The van der Waals surface area contributed by atoms with Crippen LogP contribution in [0.1, 0.15) is 46.0 Å². The van der Waals surface area contributed by atoms with Crippen LogP contribution in [0.3, 0.4) is 0 Å². The highest BCUT2D eigenvalue weighted by Gasteiger charge is 2.24. The number of benzene rings is 1. The molecule has 1 fully saturated rings. The van der Waals surface area contributed by atoms with Crippen molar-refractivity contribution in [2.45, 2.75) is 63.7 Å². The van der Waals surface area contributed by atoms with Crippen LogP contribution in [0.5, 0.6) is 0 Å². The Morgan fingerprint density at radius 3 is 2.71 bits per heavy atom. The van der Waals surface area contributed by atoms with Crippen LogP contribution in [0.25, 0.3) is 22.1 Å². The van der Waals surface area contributed by atoms with Crippen LogP contribution in [0.2, 0.25) is 0 Å². The molecule has 3 aromatic rings. The summed E-state index contributed by atoms with van der Waals surface area (Å²) in [5.41, 5.74) is 2.79. The Morgan fingerprint density at radius 1 is 1.18 bits per heavy atom. The third-order valence-corrected chi connectivity index (χ3v) is 6.49. The zero-order chi connectivity index (χ0) is 19.5. The molecular weight excluding hydrogens is 370 g/mol. The molecule has 7 heteroatoms. The molecule has 2 aromatic heterocycles. The molecule has 0 radical (unpaired) electrons. The number of nitrogens with zero attached hydrogens (tertiary/aromatic N) is 5. The average molecular weight is 398 g/mol. The lowest BCUT2D eigenvalue weighted by Crippen LogP contribution is -2.42. The molecule has 0 saturated heterocycles. The molecule has 0 unspecified atom stereocenters. The molecule has 1 aromatic carbocycles. The molecule has 1 aliphatic rings. The molecule has 0 bridgehead atoms. The number of thioether (sulfide) groups is 1. The minimum atomic E-state index is 0.180. The average Bonchev–Trinajstić information content (AvgIpc) is 3.06. The van der Waals surface area contributed by atoms with E-state index in [9.17, 15) is 4.79 Å². The van der Waals surface area contributed by atoms with Gasteiger partial charge in [-0.3, -0.25) is 4.79 Å². The van der Waals surface area contributed by atoms with Gasteiger partial charge in [-0.2, -0.15) is 0 Å². The summed E-state index contributed by atoms with van der Waals surface area (Å²) in [6.45, 7) is 5.76. The lowest BCUT2D eigenvalue weighted by Gasteiger charge is -2.33. The van der Waals surface area contributed by atoms with Crippen molar-refractivity contribution in [2.75, 3.05) is 12.3 Å². The monoisotopic (exact) mass is 397 g/mol. The molecule has 0 aliphatic heterocycles. The zero-order valence-electron chi connectivity index (χ0n) is 16.6. The minimum Gasteiger partial charge on any atom is -0.339 e. The topological polar surface area (TPSA) is 63.9 Å². The fourth-order valence-corrected chi connectivity index (χ4v) is 4.98. The van der Waals surface area contributed by atoms with Crippen molar-refractivity contribution in [3.63, 3.8) is 0 Å². The molecule has 1 aliphatic carbocycles. The van der Waals surface area contributed by atoms with Gasteiger partial charge in [-0.25, -0.2) is 4.98 Å². The smallest absolute Gasteiger partial charge is 0.233 e. The van der Waals surface area contributed by atoms with Crippen LogP contribution in [-0.4, -0.2) is 48.9 Å². The summed E-state index contributed by atoms with van der Waals surface area (Å²) in [6, 6.07) is 8.58. The van der Waals surface area contributed by atoms with E-state index in [0.29, 0.717) is 17.0 Å². The predicted octanol–water partition coefficient (Wildman–Crippen LogP) is 4.27. The number of amides is 1. The standard InChI is InChI=1S/C21H27N5OS/c1-3-25(15-10-6-5-7-11-15)18(27)14-28-21-22-20-19(23-24-21)16-12-8-9-13-17(16)26(20)4-2/h8-9,12-13,15H,3-7,10-11,14H2,1-2H3. The maximum absolute atomic E-state index is 12.8. The second-order valence-electron chi connectivity index (χ2n) is 7.29. The van der Waals surface area contributed by atoms with E-state index >= 15 is 0 Å². The first-order valence-corrected chi connectivity index (χ1v) is 11.3. The number of aryl methyl sites for hydroxylation is 1. The van der Waals surface area contributed by atoms with Gasteiger partial charge in [0.15, 0.2) is 5.65 Å². The van der Waals surface area contributed by atoms with E-state index in [-0.39, 0.29) is 5.91 Å². The molecule has 0 atom stereocenters. The third-order valence-electron chi connectivity index (χ3n) is 5.67. The van der Waals surface area contributed by atoms with Crippen molar-refractivity contribution in [1.82, 2.24) is 24.6 Å². The van der Waals surface area contributed by atoms with Crippen LogP contribution >= 0.6 is 11.8 Å². The largest absolute Gasteiger partial charge is 0.339 e. The Morgan fingerprint density at radius 2 is 1.96 bits per heavy atom. The molecule has 2 heterocycles. The fourth-order valence-electron chi connectivity index (χ4n) is 4.31. The summed E-state index contributed by atoms with van der Waals surface area (Å²) in [6.07, 6.45) is 6.01. The van der Waals surface area contributed by atoms with E-state index in [1.165, 1.54) is 31.0 Å². The first kappa shape index (κ1) is 19.2. The highest BCUT2D eigenvalue weighted by molar-refractivity contribution is 7.99. The van der Waals surface area contributed by atoms with Crippen LogP contribution in [0.15, 0.2) is 29.4 Å². The van der Waals surface area contributed by atoms with Gasteiger partial charge < -0.3 is 9.47 Å². The van der Waals surface area contributed by atoms with Gasteiger partial charge >= 0.3 is 0 Å². The van der Waals surface area contributed by atoms with E-state index in [1.807, 2.05) is 17.0 Å². The molecular formula is C21H27N5OS. The first-order chi connectivity index (χ1) is 13.7. The number of hydrogen-bond acceptors (Lipinski definition) is 5. The normalized spacial score (nSPS) is 15.4. The van der Waals surface area contributed by atoms with Crippen LogP contribution in [0.4, 0.5) is 0 Å². The second-order valence-corrected chi connectivity index (χ2v) is 8.23. The molecule has 0 N–H and O–H groups in total. The molecule has 28 heavy (non-hydrogen) atoms. The van der Waals surface area contributed by atoms with Crippen molar-refractivity contribution in [1.29, 1.82) is 0 Å². The summed E-state index contributed by atoms with van der Waals surface area (Å²) in [4.78, 5) is 19.6. The summed E-state index contributed by atoms with van der Waals surface area (Å²) < 4.78 is 2.16. The summed E-state index contributed by atoms with van der Waals surface area (Å²) in [5.74, 6) is 0.545. The number of fused-ring (bicyclic) bond motifs is 3. The number of aromatic nitrogens is 4. The number of rotatable bonds is 6. The van der Waals surface area contributed by atoms with Gasteiger partial charge in [-0.05, 0) is 32.8 Å². The summed E-state index contributed by atoms with van der Waals surface area (Å²) in [7, 11) is 0. The molecule has 148 valence electrons. The van der Waals surface area contributed by atoms with E-state index in [2.05, 4.69) is 40.7 Å². The third kappa shape index (κ3) is 3.60. The Hall–Kier alpha value is -2.15. The maximum Gasteiger partial charge on any atom is 0.233 e. The summed E-state index contributed by atoms with van der Waals surface area (Å²) in [5, 5.41) is 10.4. The van der Waals surface area contributed by atoms with Crippen LogP contribution in [-0.2, 0) is 11.3 Å². The highest BCUT2D eigenvalue weighted by atomic mass is 32.2. The van der Waals surface area contributed by atoms with Gasteiger partial charge in [0.1, 0.15) is 5.52 Å². The SMILES string of the molecule is CCN(C(=O)CSc1nnc2c3ccccc3n(CC)c2n1)C1CCCCC1. The van der Waals surface area contributed by atoms with E-state index in [1.54, 1.807) is 0 Å². The predicted molar refractivity (Wildman–Crippen MR) is 113 cm³/mol. The minimum absolute atomic E-state index is 0.180. The van der Waals surface area contributed by atoms with Gasteiger partial charge in [0.25, 0.3) is 0 Å². The molecule has 0 spiro atoms. The van der Waals surface area contributed by atoms with Gasteiger partial charge in [-0.1, -0.05) is 49.2 Å². The van der Waals surface area contributed by atoms with Crippen molar-refractivity contribution in [3.05, 3.63) is 24.3 Å². The molecule has 6 nitrogen and oxygen atoms in total. The van der Waals surface area contributed by atoms with Crippen molar-refractivity contribution in [3.8, 4) is 0 Å². The van der Waals surface area contributed by atoms with E-state index < -0.39 is 0 Å². The zero-order valence-corrected chi connectivity index (χ0v) is 17.4. The van der Waals surface area contributed by atoms with Gasteiger partial charge in [0, 0.05) is 24.5 Å². The van der Waals surface area contributed by atoms with E-state index in [0.717, 1.165) is 48.0 Å². The van der Waals surface area contributed by atoms with Gasteiger partial charge in [0.2, 0.25) is 11.1 Å². The Labute approximate surface area is 169 Å². The van der Waals surface area contributed by atoms with Crippen molar-refractivity contribution >= 4 is 39.7 Å². The Balaban J connectivity index is 1.53. The molecule has 1 amide bonds. The summed E-state index contributed by atoms with van der Waals surface area (Å²) >= 11 is 1.39. The highest BCUT2D eigenvalue weighted by Crippen LogP contribution is 2.27. The molecule has 1 saturated carbocycles. The fraction of sp³-hybridized carbons (Fsp3) is 0.524. The number of carbonyl (C=O) groups is 1. The quantitative estimate of drug-likeness (QED) is 0.581. The van der Waals surface area contributed by atoms with Gasteiger partial charge in [0.05, 0.1) is 11.3 Å². The van der Waals surface area contributed by atoms with Gasteiger partial charge in [-0.15, -0.1) is 10.2 Å². The lowest BCUT2D eigenvalue weighted by molar-refractivity contribution is -0.131.